The largest absolute Gasteiger partial charge is 0.355 e. The molecule has 0 spiro atoms. The summed E-state index contributed by atoms with van der Waals surface area (Å²) in [5, 5.41) is 2.80. The lowest BCUT2D eigenvalue weighted by molar-refractivity contribution is -0.123. The Bertz CT molecular complexity index is 772. The summed E-state index contributed by atoms with van der Waals surface area (Å²) >= 11 is 0. The third-order valence-corrected chi connectivity index (χ3v) is 4.72. The van der Waals surface area contributed by atoms with Crippen molar-refractivity contribution in [2.75, 3.05) is 18.5 Å². The number of carbonyl (C=O) groups is 2. The van der Waals surface area contributed by atoms with Gasteiger partial charge in [-0.2, -0.15) is 0 Å². The SMILES string of the molecule is CN(C(=O)CCNC(=O)C1(c2ccccc2F)CC1)c1ccccc1. The zero-order chi connectivity index (χ0) is 17.9. The van der Waals surface area contributed by atoms with E-state index in [1.807, 2.05) is 30.3 Å². The molecule has 2 aromatic carbocycles. The first-order valence-electron chi connectivity index (χ1n) is 8.39. The molecule has 0 atom stereocenters. The van der Waals surface area contributed by atoms with Crippen LogP contribution < -0.4 is 10.2 Å². The van der Waals surface area contributed by atoms with Crippen molar-refractivity contribution in [2.45, 2.75) is 24.7 Å². The number of hydrogen-bond donors (Lipinski definition) is 1. The van der Waals surface area contributed by atoms with Crippen LogP contribution in [0.3, 0.4) is 0 Å². The van der Waals surface area contributed by atoms with Crippen LogP contribution in [0.15, 0.2) is 54.6 Å². The molecular weight excluding hydrogens is 319 g/mol. The topological polar surface area (TPSA) is 49.4 Å². The van der Waals surface area contributed by atoms with Crippen molar-refractivity contribution in [2.24, 2.45) is 0 Å². The van der Waals surface area contributed by atoms with Crippen LogP contribution in [0.1, 0.15) is 24.8 Å². The summed E-state index contributed by atoms with van der Waals surface area (Å²) in [6.45, 7) is 0.241. The minimum Gasteiger partial charge on any atom is -0.355 e. The average molecular weight is 340 g/mol. The van der Waals surface area contributed by atoms with Gasteiger partial charge >= 0.3 is 0 Å². The van der Waals surface area contributed by atoms with Gasteiger partial charge in [0.1, 0.15) is 5.82 Å². The van der Waals surface area contributed by atoms with Crippen molar-refractivity contribution in [3.05, 3.63) is 66.0 Å². The molecule has 2 amide bonds. The number of anilines is 1. The van der Waals surface area contributed by atoms with Crippen LogP contribution in [0.25, 0.3) is 0 Å². The lowest BCUT2D eigenvalue weighted by Crippen LogP contribution is -2.38. The fraction of sp³-hybridized carbons (Fsp3) is 0.300. The Morgan fingerprint density at radius 3 is 2.36 bits per heavy atom. The lowest BCUT2D eigenvalue weighted by atomic mass is 9.94. The highest BCUT2D eigenvalue weighted by Gasteiger charge is 2.52. The third-order valence-electron chi connectivity index (χ3n) is 4.72. The van der Waals surface area contributed by atoms with E-state index < -0.39 is 5.41 Å². The molecule has 1 aliphatic carbocycles. The van der Waals surface area contributed by atoms with E-state index in [0.717, 1.165) is 5.69 Å². The summed E-state index contributed by atoms with van der Waals surface area (Å²) in [6.07, 6.45) is 1.47. The first kappa shape index (κ1) is 17.1. The zero-order valence-corrected chi connectivity index (χ0v) is 14.2. The van der Waals surface area contributed by atoms with Crippen molar-refractivity contribution < 1.29 is 14.0 Å². The van der Waals surface area contributed by atoms with Crippen molar-refractivity contribution in [1.29, 1.82) is 0 Å². The van der Waals surface area contributed by atoms with Gasteiger partial charge in [0, 0.05) is 31.3 Å². The minimum atomic E-state index is -0.764. The summed E-state index contributed by atoms with van der Waals surface area (Å²) in [5.41, 5.74) is 0.490. The number of amides is 2. The summed E-state index contributed by atoms with van der Waals surface area (Å²) in [6, 6.07) is 15.7. The van der Waals surface area contributed by atoms with E-state index >= 15 is 0 Å². The molecule has 1 aliphatic rings. The molecule has 0 aliphatic heterocycles. The number of carbonyl (C=O) groups excluding carboxylic acids is 2. The van der Waals surface area contributed by atoms with Gasteiger partial charge in [-0.3, -0.25) is 9.59 Å². The maximum absolute atomic E-state index is 14.0. The molecule has 0 heterocycles. The van der Waals surface area contributed by atoms with Crippen LogP contribution in [0.5, 0.6) is 0 Å². The van der Waals surface area contributed by atoms with E-state index in [1.54, 1.807) is 30.1 Å². The quantitative estimate of drug-likeness (QED) is 0.879. The standard InChI is InChI=1S/C20H21FN2O2/c1-23(15-7-3-2-4-8-15)18(24)11-14-22-19(25)20(12-13-20)16-9-5-6-10-17(16)21/h2-10H,11-14H2,1H3,(H,22,25). The number of benzene rings is 2. The van der Waals surface area contributed by atoms with Gasteiger partial charge in [0.2, 0.25) is 11.8 Å². The highest BCUT2D eigenvalue weighted by molar-refractivity contribution is 5.94. The summed E-state index contributed by atoms with van der Waals surface area (Å²) in [7, 11) is 1.71. The summed E-state index contributed by atoms with van der Waals surface area (Å²) < 4.78 is 14.0. The highest BCUT2D eigenvalue weighted by atomic mass is 19.1. The Morgan fingerprint density at radius 2 is 1.72 bits per heavy atom. The van der Waals surface area contributed by atoms with E-state index in [0.29, 0.717) is 18.4 Å². The molecule has 0 radical (unpaired) electrons. The van der Waals surface area contributed by atoms with Gasteiger partial charge in [-0.05, 0) is 31.0 Å². The van der Waals surface area contributed by atoms with Crippen molar-refractivity contribution >= 4 is 17.5 Å². The molecule has 0 saturated heterocycles. The molecule has 1 saturated carbocycles. The van der Waals surface area contributed by atoms with Gasteiger partial charge in [0.05, 0.1) is 5.41 Å². The Hall–Kier alpha value is -2.69. The molecule has 3 rings (SSSR count). The van der Waals surface area contributed by atoms with Gasteiger partial charge in [-0.1, -0.05) is 36.4 Å². The number of hydrogen-bond acceptors (Lipinski definition) is 2. The number of nitrogens with one attached hydrogen (secondary N) is 1. The van der Waals surface area contributed by atoms with Gasteiger partial charge in [-0.15, -0.1) is 0 Å². The van der Waals surface area contributed by atoms with E-state index in [2.05, 4.69) is 5.32 Å². The van der Waals surface area contributed by atoms with Gasteiger partial charge in [-0.25, -0.2) is 4.39 Å². The molecule has 1 N–H and O–H groups in total. The minimum absolute atomic E-state index is 0.0813. The van der Waals surface area contributed by atoms with Crippen LogP contribution >= 0.6 is 0 Å². The molecule has 5 heteroatoms. The maximum Gasteiger partial charge on any atom is 0.230 e. The van der Waals surface area contributed by atoms with E-state index in [-0.39, 0.29) is 30.6 Å². The first-order valence-corrected chi connectivity index (χ1v) is 8.39. The Kier molecular flexibility index (Phi) is 4.83. The van der Waals surface area contributed by atoms with Crippen LogP contribution in [-0.2, 0) is 15.0 Å². The fourth-order valence-electron chi connectivity index (χ4n) is 3.01. The number of rotatable bonds is 6. The normalized spacial score (nSPS) is 14.6. The molecule has 4 nitrogen and oxygen atoms in total. The highest BCUT2D eigenvalue weighted by Crippen LogP contribution is 2.49. The molecule has 130 valence electrons. The monoisotopic (exact) mass is 340 g/mol. The van der Waals surface area contributed by atoms with Crippen molar-refractivity contribution in [1.82, 2.24) is 5.32 Å². The second-order valence-electron chi connectivity index (χ2n) is 6.36. The van der Waals surface area contributed by atoms with E-state index in [1.165, 1.54) is 6.07 Å². The van der Waals surface area contributed by atoms with Crippen molar-refractivity contribution in [3.63, 3.8) is 0 Å². The number of halogens is 1. The first-order chi connectivity index (χ1) is 12.0. The van der Waals surface area contributed by atoms with Crippen LogP contribution in [0, 0.1) is 5.82 Å². The number of nitrogens with zero attached hydrogens (tertiary/aromatic N) is 1. The molecule has 25 heavy (non-hydrogen) atoms. The van der Waals surface area contributed by atoms with Gasteiger partial charge < -0.3 is 10.2 Å². The summed E-state index contributed by atoms with van der Waals surface area (Å²) in [5.74, 6) is -0.634. The van der Waals surface area contributed by atoms with Gasteiger partial charge in [0.15, 0.2) is 0 Å². The molecule has 1 fully saturated rings. The predicted molar refractivity (Wildman–Crippen MR) is 94.8 cm³/mol. The van der Waals surface area contributed by atoms with Crippen LogP contribution in [0.2, 0.25) is 0 Å². The molecule has 2 aromatic rings. The van der Waals surface area contributed by atoms with E-state index in [9.17, 15) is 14.0 Å². The molecular formula is C20H21FN2O2. The lowest BCUT2D eigenvalue weighted by Gasteiger charge is -2.19. The number of para-hydroxylation sites is 1. The Balaban J connectivity index is 1.55. The second kappa shape index (κ2) is 7.05. The smallest absolute Gasteiger partial charge is 0.230 e. The Labute approximate surface area is 146 Å². The van der Waals surface area contributed by atoms with Crippen molar-refractivity contribution in [3.8, 4) is 0 Å². The fourth-order valence-corrected chi connectivity index (χ4v) is 3.01. The molecule has 0 aromatic heterocycles. The molecule has 0 bridgehead atoms. The third kappa shape index (κ3) is 3.55. The Morgan fingerprint density at radius 1 is 1.08 bits per heavy atom. The summed E-state index contributed by atoms with van der Waals surface area (Å²) in [4.78, 5) is 26.3. The van der Waals surface area contributed by atoms with Crippen LogP contribution in [-0.4, -0.2) is 25.4 Å². The zero-order valence-electron chi connectivity index (χ0n) is 14.2. The second-order valence-corrected chi connectivity index (χ2v) is 6.36. The van der Waals surface area contributed by atoms with Crippen LogP contribution in [0.4, 0.5) is 10.1 Å². The predicted octanol–water partition coefficient (Wildman–Crippen LogP) is 3.03. The maximum atomic E-state index is 14.0. The van der Waals surface area contributed by atoms with E-state index in [4.69, 9.17) is 0 Å². The van der Waals surface area contributed by atoms with Gasteiger partial charge in [0.25, 0.3) is 0 Å². The average Bonchev–Trinajstić information content (AvgIpc) is 3.44. The molecule has 0 unspecified atom stereocenters.